The third kappa shape index (κ3) is 4.64. The number of carbonyl (C=O) groups is 4. The lowest BCUT2D eigenvalue weighted by Crippen LogP contribution is -2.48. The number of benzene rings is 2. The molecular formula is C25H27N3O7. The van der Waals surface area contributed by atoms with Crippen LogP contribution in [0.5, 0.6) is 11.5 Å². The van der Waals surface area contributed by atoms with Crippen LogP contribution < -0.4 is 14.8 Å². The van der Waals surface area contributed by atoms with Crippen LogP contribution in [0.25, 0.3) is 0 Å². The summed E-state index contributed by atoms with van der Waals surface area (Å²) >= 11 is 0. The molecule has 10 nitrogen and oxygen atoms in total. The molecule has 0 radical (unpaired) electrons. The summed E-state index contributed by atoms with van der Waals surface area (Å²) in [5.41, 5.74) is 1.09. The Morgan fingerprint density at radius 1 is 0.971 bits per heavy atom. The molecule has 4 amide bonds. The van der Waals surface area contributed by atoms with Crippen molar-refractivity contribution in [3.63, 3.8) is 0 Å². The zero-order valence-corrected chi connectivity index (χ0v) is 19.8. The summed E-state index contributed by atoms with van der Waals surface area (Å²) in [5.74, 6) is -0.289. The second kappa shape index (κ2) is 10.0. The first-order valence-corrected chi connectivity index (χ1v) is 11.3. The summed E-state index contributed by atoms with van der Waals surface area (Å²) in [7, 11) is 3.01. The largest absolute Gasteiger partial charge is 0.497 e. The van der Waals surface area contributed by atoms with Gasteiger partial charge in [-0.25, -0.2) is 4.79 Å². The van der Waals surface area contributed by atoms with Gasteiger partial charge in [0, 0.05) is 30.8 Å². The number of amides is 4. The number of fused-ring (bicyclic) bond motifs is 1. The van der Waals surface area contributed by atoms with E-state index < -0.39 is 17.9 Å². The van der Waals surface area contributed by atoms with E-state index in [1.54, 1.807) is 30.0 Å². The van der Waals surface area contributed by atoms with Crippen LogP contribution in [-0.2, 0) is 4.74 Å². The molecule has 35 heavy (non-hydrogen) atoms. The number of hydrogen-bond acceptors (Lipinski definition) is 7. The molecule has 4 rings (SSSR count). The lowest BCUT2D eigenvalue weighted by Gasteiger charge is -2.35. The van der Waals surface area contributed by atoms with Crippen LogP contribution in [0.4, 0.5) is 10.5 Å². The maximum Gasteiger partial charge on any atom is 0.409 e. The fourth-order valence-electron chi connectivity index (χ4n) is 4.36. The molecular weight excluding hydrogens is 454 g/mol. The van der Waals surface area contributed by atoms with E-state index in [2.05, 4.69) is 5.32 Å². The third-order valence-electron chi connectivity index (χ3n) is 6.19. The van der Waals surface area contributed by atoms with Gasteiger partial charge in [-0.05, 0) is 50.1 Å². The fourth-order valence-corrected chi connectivity index (χ4v) is 4.36. The smallest absolute Gasteiger partial charge is 0.409 e. The predicted molar refractivity (Wildman–Crippen MR) is 126 cm³/mol. The van der Waals surface area contributed by atoms with Crippen LogP contribution in [0.15, 0.2) is 36.4 Å². The topological polar surface area (TPSA) is 114 Å². The Morgan fingerprint density at radius 2 is 1.69 bits per heavy atom. The SMILES string of the molecule is CCOC(=O)N1CCC(N2C(=O)c3ccc(C(=O)Nc4cc(OC)ccc4OC)cc3C2=O)CC1. The highest BCUT2D eigenvalue weighted by molar-refractivity contribution is 6.22. The van der Waals surface area contributed by atoms with Crippen LogP contribution in [0.1, 0.15) is 50.8 Å². The maximum atomic E-state index is 13.2. The van der Waals surface area contributed by atoms with E-state index >= 15 is 0 Å². The van der Waals surface area contributed by atoms with Gasteiger partial charge in [-0.1, -0.05) is 0 Å². The van der Waals surface area contributed by atoms with Gasteiger partial charge < -0.3 is 24.4 Å². The van der Waals surface area contributed by atoms with Gasteiger partial charge in [0.1, 0.15) is 11.5 Å². The number of rotatable bonds is 6. The summed E-state index contributed by atoms with van der Waals surface area (Å²) < 4.78 is 15.5. The average molecular weight is 482 g/mol. The second-order valence-electron chi connectivity index (χ2n) is 8.18. The summed E-state index contributed by atoms with van der Waals surface area (Å²) in [4.78, 5) is 53.9. The first-order valence-electron chi connectivity index (χ1n) is 11.3. The molecule has 2 aliphatic rings. The number of ether oxygens (including phenoxy) is 3. The van der Waals surface area contributed by atoms with E-state index in [-0.39, 0.29) is 35.2 Å². The molecule has 0 saturated carbocycles. The number of piperidine rings is 1. The minimum atomic E-state index is -0.458. The molecule has 2 aromatic carbocycles. The van der Waals surface area contributed by atoms with Crippen molar-refractivity contribution in [3.05, 3.63) is 53.1 Å². The number of nitrogens with zero attached hydrogens (tertiary/aromatic N) is 2. The number of likely N-dealkylation sites (tertiary alicyclic amines) is 1. The number of carbonyl (C=O) groups excluding carboxylic acids is 4. The van der Waals surface area contributed by atoms with Crippen molar-refractivity contribution in [1.82, 2.24) is 9.80 Å². The standard InChI is InChI=1S/C25H27N3O7/c1-4-35-25(32)27-11-9-16(10-12-27)28-23(30)18-7-5-15(13-19(18)24(28)31)22(29)26-20-14-17(33-2)6-8-21(20)34-3/h5-8,13-14,16H,4,9-12H2,1-3H3,(H,26,29). The first kappa shape index (κ1) is 24.1. The van der Waals surface area contributed by atoms with E-state index in [1.807, 2.05) is 0 Å². The van der Waals surface area contributed by atoms with Crippen LogP contribution in [0.3, 0.4) is 0 Å². The Bertz CT molecular complexity index is 1170. The third-order valence-corrected chi connectivity index (χ3v) is 6.19. The molecule has 0 aromatic heterocycles. The Labute approximate surface area is 202 Å². The molecule has 2 aliphatic heterocycles. The summed E-state index contributed by atoms with van der Waals surface area (Å²) in [6, 6.07) is 9.13. The van der Waals surface area contributed by atoms with Gasteiger partial charge in [0.15, 0.2) is 0 Å². The molecule has 1 saturated heterocycles. The highest BCUT2D eigenvalue weighted by atomic mass is 16.6. The summed E-state index contributed by atoms with van der Waals surface area (Å²) in [6.45, 7) is 2.82. The van der Waals surface area contributed by atoms with E-state index in [0.29, 0.717) is 43.1 Å². The van der Waals surface area contributed by atoms with Gasteiger partial charge in [0.2, 0.25) is 0 Å². The summed E-state index contributed by atoms with van der Waals surface area (Å²) in [5, 5.41) is 2.77. The molecule has 1 N–H and O–H groups in total. The molecule has 10 heteroatoms. The van der Waals surface area contributed by atoms with Crippen molar-refractivity contribution in [2.75, 3.05) is 39.2 Å². The maximum absolute atomic E-state index is 13.2. The quantitative estimate of drug-likeness (QED) is 0.630. The van der Waals surface area contributed by atoms with Crippen LogP contribution in [0.2, 0.25) is 0 Å². The Balaban J connectivity index is 1.49. The van der Waals surface area contributed by atoms with Crippen LogP contribution in [-0.4, -0.2) is 73.6 Å². The minimum Gasteiger partial charge on any atom is -0.497 e. The van der Waals surface area contributed by atoms with Gasteiger partial charge >= 0.3 is 6.09 Å². The van der Waals surface area contributed by atoms with E-state index in [1.165, 1.54) is 37.3 Å². The second-order valence-corrected chi connectivity index (χ2v) is 8.18. The number of nitrogens with one attached hydrogen (secondary N) is 1. The number of imide groups is 1. The highest BCUT2D eigenvalue weighted by Gasteiger charge is 2.41. The molecule has 2 aromatic rings. The van der Waals surface area contributed by atoms with Crippen molar-refractivity contribution in [2.45, 2.75) is 25.8 Å². The average Bonchev–Trinajstić information content (AvgIpc) is 3.13. The van der Waals surface area contributed by atoms with Crippen molar-refractivity contribution < 1.29 is 33.4 Å². The molecule has 0 aliphatic carbocycles. The number of anilines is 1. The van der Waals surface area contributed by atoms with E-state index in [0.717, 1.165) is 0 Å². The molecule has 184 valence electrons. The monoisotopic (exact) mass is 481 g/mol. The molecule has 0 spiro atoms. The van der Waals surface area contributed by atoms with Gasteiger partial charge in [-0.15, -0.1) is 0 Å². The predicted octanol–water partition coefficient (Wildman–Crippen LogP) is 3.17. The first-order chi connectivity index (χ1) is 16.9. The Kier molecular flexibility index (Phi) is 6.90. The fraction of sp³-hybridized carbons (Fsp3) is 0.360. The zero-order valence-electron chi connectivity index (χ0n) is 19.8. The van der Waals surface area contributed by atoms with Crippen molar-refractivity contribution >= 4 is 29.5 Å². The van der Waals surface area contributed by atoms with Gasteiger partial charge in [-0.2, -0.15) is 0 Å². The van der Waals surface area contributed by atoms with Crippen molar-refractivity contribution in [2.24, 2.45) is 0 Å². The van der Waals surface area contributed by atoms with Gasteiger partial charge in [-0.3, -0.25) is 19.3 Å². The van der Waals surface area contributed by atoms with Crippen molar-refractivity contribution in [1.29, 1.82) is 0 Å². The molecule has 1 fully saturated rings. The number of methoxy groups -OCH3 is 2. The van der Waals surface area contributed by atoms with Gasteiger partial charge in [0.25, 0.3) is 17.7 Å². The Morgan fingerprint density at radius 3 is 2.34 bits per heavy atom. The lowest BCUT2D eigenvalue weighted by molar-refractivity contribution is 0.0485. The molecule has 2 heterocycles. The van der Waals surface area contributed by atoms with Crippen LogP contribution in [0, 0.1) is 0 Å². The highest BCUT2D eigenvalue weighted by Crippen LogP contribution is 2.31. The molecule has 0 bridgehead atoms. The Hall–Kier alpha value is -4.08. The van der Waals surface area contributed by atoms with E-state index in [9.17, 15) is 19.2 Å². The molecule has 0 unspecified atom stereocenters. The number of hydrogen-bond donors (Lipinski definition) is 1. The normalized spacial score (nSPS) is 15.6. The van der Waals surface area contributed by atoms with E-state index in [4.69, 9.17) is 14.2 Å². The van der Waals surface area contributed by atoms with Crippen LogP contribution >= 0.6 is 0 Å². The minimum absolute atomic E-state index is 0.188. The zero-order chi connectivity index (χ0) is 25.1. The molecule has 0 atom stereocenters. The van der Waals surface area contributed by atoms with Crippen molar-refractivity contribution in [3.8, 4) is 11.5 Å². The van der Waals surface area contributed by atoms with Gasteiger partial charge in [0.05, 0.1) is 37.6 Å². The lowest BCUT2D eigenvalue weighted by atomic mass is 10.0. The summed E-state index contributed by atoms with van der Waals surface area (Å²) in [6.07, 6.45) is 0.539.